The lowest BCUT2D eigenvalue weighted by Gasteiger charge is -2.45. The van der Waals surface area contributed by atoms with Crippen LogP contribution in [0.25, 0.3) is 88.7 Å². The topological polar surface area (TPSA) is 30.1 Å². The quantitative estimate of drug-likeness (QED) is 0.127. The summed E-state index contributed by atoms with van der Waals surface area (Å²) in [5.74, 6) is 1.72. The molecule has 12 aromatic rings. The van der Waals surface area contributed by atoms with Crippen LogP contribution in [-0.4, -0.2) is 15.8 Å². The smallest absolute Gasteiger partial charge is 0.299 e. The van der Waals surface area contributed by atoms with Crippen molar-refractivity contribution in [3.63, 3.8) is 0 Å². The van der Waals surface area contributed by atoms with Crippen molar-refractivity contribution in [3.8, 4) is 33.9 Å². The zero-order valence-electron chi connectivity index (χ0n) is 53.7. The Bertz CT molecular complexity index is 4910. The van der Waals surface area contributed by atoms with Crippen LogP contribution >= 0.6 is 11.8 Å². The van der Waals surface area contributed by atoms with Gasteiger partial charge in [0.15, 0.2) is 16.6 Å². The zero-order valence-corrected chi connectivity index (χ0v) is 54.5. The molecule has 3 aliphatic heterocycles. The van der Waals surface area contributed by atoms with Gasteiger partial charge in [-0.1, -0.05) is 207 Å². The fourth-order valence-corrected chi connectivity index (χ4v) is 16.0. The molecule has 7 heteroatoms. The second-order valence-corrected chi connectivity index (χ2v) is 31.2. The molecule has 0 amide bonds. The van der Waals surface area contributed by atoms with Gasteiger partial charge in [-0.2, -0.15) is 4.57 Å². The minimum absolute atomic E-state index is 0.0181. The zero-order chi connectivity index (χ0) is 60.3. The van der Waals surface area contributed by atoms with E-state index in [0.29, 0.717) is 11.8 Å². The summed E-state index contributed by atoms with van der Waals surface area (Å²) < 4.78 is 15.4. The van der Waals surface area contributed by atoms with Gasteiger partial charge in [0.2, 0.25) is 0 Å². The van der Waals surface area contributed by atoms with Gasteiger partial charge in [0, 0.05) is 64.9 Å². The van der Waals surface area contributed by atoms with Crippen molar-refractivity contribution in [2.45, 2.75) is 161 Å². The van der Waals surface area contributed by atoms with Crippen LogP contribution in [0, 0.1) is 6.92 Å². The molecular weight excluding hydrogens is 1060 g/mol. The number of fused-ring (bicyclic) bond motifs is 13. The number of hydrogen-bond donors (Lipinski definition) is 0. The third-order valence-electron chi connectivity index (χ3n) is 19.6. The highest BCUT2D eigenvalue weighted by atomic mass is 32.2. The second kappa shape index (κ2) is 18.4. The number of anilines is 3. The Hall–Kier alpha value is -7.74. The maximum absolute atomic E-state index is 7.75. The number of aromatic nitrogens is 3. The standard InChI is InChI=1S/C79H80BN4OS/c1-43(2)51-23-21-24-52(44(3)4)70(51)84-62-28-20-19-27-61(62)81(18)75(84)68-45(5)29-32-55-54-26-22-25-53(73(54)85-74(55)68)46-35-64-69-65(36-46)83-63-34-31-48(77(9,10)11)41-66(63)86-67-42-50(79(15,16)17)40-59(72(67)83)80(69)58-39-49(78(12,13)14)38-57-56-37-47(76(6,7)8)30-33-60(56)82(64)71(57)58/h19-44H,1-18H3/q+1. The fourth-order valence-electron chi connectivity index (χ4n) is 14.9. The largest absolute Gasteiger partial charge is 0.454 e. The van der Waals surface area contributed by atoms with E-state index in [4.69, 9.17) is 4.42 Å². The molecule has 0 fully saturated rings. The first-order valence-electron chi connectivity index (χ1n) is 31.4. The summed E-state index contributed by atoms with van der Waals surface area (Å²) in [7, 11) is 2.24. The third-order valence-corrected chi connectivity index (χ3v) is 20.7. The average molecular weight is 1140 g/mol. The van der Waals surface area contributed by atoms with Gasteiger partial charge in [0.05, 0.1) is 23.9 Å². The number of imidazole rings is 1. The molecule has 5 nitrogen and oxygen atoms in total. The van der Waals surface area contributed by atoms with Crippen molar-refractivity contribution in [1.29, 1.82) is 0 Å². The number of furan rings is 1. The monoisotopic (exact) mass is 1140 g/mol. The van der Waals surface area contributed by atoms with E-state index in [1.165, 1.54) is 126 Å². The van der Waals surface area contributed by atoms with E-state index in [9.17, 15) is 0 Å². The van der Waals surface area contributed by atoms with Crippen molar-refractivity contribution in [2.24, 2.45) is 7.05 Å². The van der Waals surface area contributed by atoms with Crippen LogP contribution in [0.15, 0.2) is 160 Å². The Morgan fingerprint density at radius 2 is 1.09 bits per heavy atom. The molecule has 0 spiro atoms. The lowest BCUT2D eigenvalue weighted by Crippen LogP contribution is -2.61. The molecule has 0 radical (unpaired) electrons. The van der Waals surface area contributed by atoms with E-state index in [2.05, 4.69) is 289 Å². The highest BCUT2D eigenvalue weighted by Gasteiger charge is 2.47. The van der Waals surface area contributed by atoms with Gasteiger partial charge in [-0.05, 0) is 151 Å². The highest BCUT2D eigenvalue weighted by molar-refractivity contribution is 7.99. The highest BCUT2D eigenvalue weighted by Crippen LogP contribution is 2.56. The van der Waals surface area contributed by atoms with Crippen molar-refractivity contribution in [1.82, 2.24) is 9.13 Å². The molecule has 15 rings (SSSR count). The first-order chi connectivity index (χ1) is 40.7. The minimum Gasteiger partial charge on any atom is -0.454 e. The van der Waals surface area contributed by atoms with Gasteiger partial charge in [-0.3, -0.25) is 0 Å². The summed E-state index contributed by atoms with van der Waals surface area (Å²) in [6.07, 6.45) is 0. The normalized spacial score (nSPS) is 14.0. The van der Waals surface area contributed by atoms with Gasteiger partial charge in [0.25, 0.3) is 12.5 Å². The molecule has 86 heavy (non-hydrogen) atoms. The molecule has 3 aliphatic rings. The summed E-state index contributed by atoms with van der Waals surface area (Å²) in [5.41, 5.74) is 29.4. The number of nitrogens with zero attached hydrogens (tertiary/aromatic N) is 4. The fraction of sp³-hybridized carbons (Fsp3) is 0.304. The Balaban J connectivity index is 1.07. The summed E-state index contributed by atoms with van der Waals surface area (Å²) in [5, 5.41) is 4.86. The molecule has 0 atom stereocenters. The second-order valence-electron chi connectivity index (χ2n) is 30.1. The molecule has 3 aromatic heterocycles. The molecule has 0 bridgehead atoms. The third kappa shape index (κ3) is 7.87. The molecule has 0 N–H and O–H groups in total. The van der Waals surface area contributed by atoms with Gasteiger partial charge in [0.1, 0.15) is 16.8 Å². The van der Waals surface area contributed by atoms with E-state index < -0.39 is 0 Å². The Morgan fingerprint density at radius 3 is 1.79 bits per heavy atom. The first-order valence-corrected chi connectivity index (χ1v) is 32.2. The lowest BCUT2D eigenvalue weighted by molar-refractivity contribution is -0.633. The predicted octanol–water partition coefficient (Wildman–Crippen LogP) is 19.6. The van der Waals surface area contributed by atoms with E-state index in [1.54, 1.807) is 0 Å². The van der Waals surface area contributed by atoms with Gasteiger partial charge >= 0.3 is 0 Å². The first kappa shape index (κ1) is 54.9. The molecule has 0 aliphatic carbocycles. The van der Waals surface area contributed by atoms with Crippen LogP contribution < -0.4 is 25.9 Å². The van der Waals surface area contributed by atoms with E-state index >= 15 is 0 Å². The van der Waals surface area contributed by atoms with E-state index in [0.717, 1.165) is 44.5 Å². The van der Waals surface area contributed by atoms with Crippen LogP contribution in [0.1, 0.15) is 162 Å². The van der Waals surface area contributed by atoms with Crippen LogP contribution in [0.2, 0.25) is 0 Å². The number of hydrogen-bond acceptors (Lipinski definition) is 3. The molecule has 0 unspecified atom stereocenters. The number of rotatable bonds is 5. The molecule has 6 heterocycles. The molecular formula is C79H80BN4OS+. The number of aryl methyl sites for hydroxylation is 2. The Labute approximate surface area is 513 Å². The maximum Gasteiger partial charge on any atom is 0.299 e. The average Bonchev–Trinajstić information content (AvgIpc) is 1.20. The summed E-state index contributed by atoms with van der Waals surface area (Å²) in [6.45, 7) is 39.9. The maximum atomic E-state index is 7.75. The predicted molar refractivity (Wildman–Crippen MR) is 368 cm³/mol. The number of para-hydroxylation sites is 4. The minimum atomic E-state index is -0.0894. The Kier molecular flexibility index (Phi) is 11.7. The molecule has 430 valence electrons. The van der Waals surface area contributed by atoms with Crippen molar-refractivity contribution < 1.29 is 8.98 Å². The van der Waals surface area contributed by atoms with Crippen LogP contribution in [-0.2, 0) is 28.7 Å². The van der Waals surface area contributed by atoms with Gasteiger partial charge in [-0.15, -0.1) is 0 Å². The molecule has 0 saturated carbocycles. The van der Waals surface area contributed by atoms with Gasteiger partial charge in [-0.25, -0.2) is 4.57 Å². The van der Waals surface area contributed by atoms with Crippen LogP contribution in [0.4, 0.5) is 17.1 Å². The van der Waals surface area contributed by atoms with Gasteiger partial charge < -0.3 is 13.9 Å². The van der Waals surface area contributed by atoms with Crippen molar-refractivity contribution in [2.75, 3.05) is 4.90 Å². The molecule has 9 aromatic carbocycles. The lowest BCUT2D eigenvalue weighted by atomic mass is 9.33. The van der Waals surface area contributed by atoms with E-state index in [-0.39, 0.29) is 28.4 Å². The summed E-state index contributed by atoms with van der Waals surface area (Å²) >= 11 is 1.96. The van der Waals surface area contributed by atoms with Crippen LogP contribution in [0.3, 0.4) is 0 Å². The van der Waals surface area contributed by atoms with Crippen molar-refractivity contribution >= 4 is 107 Å². The molecule has 0 saturated heterocycles. The Morgan fingerprint density at radius 1 is 0.488 bits per heavy atom. The van der Waals surface area contributed by atoms with Crippen LogP contribution in [0.5, 0.6) is 0 Å². The van der Waals surface area contributed by atoms with Crippen molar-refractivity contribution in [3.05, 3.63) is 185 Å². The summed E-state index contributed by atoms with van der Waals surface area (Å²) in [6, 6.07) is 57.2. The SMILES string of the molecule is Cc1ccc2c(oc3c(-c4cc5c6c(c4)-n4c7ccc(C(C)(C)C)cc7c7cc(C(C)(C)C)cc(c74)B6c4cc(C(C)(C)C)cc6c4N5c4ccc(C(C)(C)C)cc4S6)cccc32)c1-c1n(-c2c(C(C)C)cccc2C(C)C)c2ccccc2[n+]1C. The summed E-state index contributed by atoms with van der Waals surface area (Å²) in [4.78, 5) is 5.28. The van der Waals surface area contributed by atoms with E-state index in [1.807, 2.05) is 11.8 Å². The number of benzene rings is 9.